The lowest BCUT2D eigenvalue weighted by Crippen LogP contribution is -2.36. The Morgan fingerprint density at radius 1 is 1.59 bits per heavy atom. The van der Waals surface area contributed by atoms with Gasteiger partial charge in [-0.1, -0.05) is 0 Å². The molecule has 1 aromatic rings. The van der Waals surface area contributed by atoms with Crippen molar-refractivity contribution in [1.29, 1.82) is 0 Å². The van der Waals surface area contributed by atoms with Crippen LogP contribution in [0.1, 0.15) is 23.2 Å². The summed E-state index contributed by atoms with van der Waals surface area (Å²) < 4.78 is 13.7. The number of amides is 1. The maximum absolute atomic E-state index is 13.4. The first-order valence-electron chi connectivity index (χ1n) is 5.45. The summed E-state index contributed by atoms with van der Waals surface area (Å²) in [6.07, 6.45) is 1.89. The van der Waals surface area contributed by atoms with Crippen LogP contribution in [-0.4, -0.2) is 29.3 Å². The molecule has 1 saturated heterocycles. The van der Waals surface area contributed by atoms with Gasteiger partial charge in [0.25, 0.3) is 5.91 Å². The third-order valence-corrected chi connectivity index (χ3v) is 3.98. The SMILES string of the molecule is O=C(c1ccc(Br)c(F)c1)N1CCCC1CCl. The summed E-state index contributed by atoms with van der Waals surface area (Å²) in [4.78, 5) is 13.9. The number of hydrogen-bond donors (Lipinski definition) is 0. The van der Waals surface area contributed by atoms with E-state index in [0.717, 1.165) is 12.8 Å². The second-order valence-corrected chi connectivity index (χ2v) is 5.24. The van der Waals surface area contributed by atoms with E-state index in [2.05, 4.69) is 15.9 Å². The van der Waals surface area contributed by atoms with Crippen molar-refractivity contribution in [3.8, 4) is 0 Å². The van der Waals surface area contributed by atoms with E-state index in [1.165, 1.54) is 6.07 Å². The Morgan fingerprint density at radius 2 is 2.35 bits per heavy atom. The summed E-state index contributed by atoms with van der Waals surface area (Å²) in [6.45, 7) is 0.702. The van der Waals surface area contributed by atoms with Gasteiger partial charge in [0.2, 0.25) is 0 Å². The van der Waals surface area contributed by atoms with Gasteiger partial charge in [0.15, 0.2) is 0 Å². The topological polar surface area (TPSA) is 20.3 Å². The van der Waals surface area contributed by atoms with Gasteiger partial charge in [0.05, 0.1) is 4.47 Å². The molecule has 1 heterocycles. The van der Waals surface area contributed by atoms with E-state index >= 15 is 0 Å². The second kappa shape index (κ2) is 5.36. The fraction of sp³-hybridized carbons (Fsp3) is 0.417. The summed E-state index contributed by atoms with van der Waals surface area (Å²) in [5, 5.41) is 0. The minimum Gasteiger partial charge on any atom is -0.334 e. The molecule has 1 unspecified atom stereocenters. The van der Waals surface area contributed by atoms with Crippen molar-refractivity contribution in [1.82, 2.24) is 4.90 Å². The maximum Gasteiger partial charge on any atom is 0.254 e. The van der Waals surface area contributed by atoms with Crippen molar-refractivity contribution in [2.75, 3.05) is 12.4 Å². The van der Waals surface area contributed by atoms with Crippen molar-refractivity contribution >= 4 is 33.4 Å². The van der Waals surface area contributed by atoms with Crippen LogP contribution in [0.2, 0.25) is 0 Å². The van der Waals surface area contributed by atoms with Gasteiger partial charge in [0, 0.05) is 24.0 Å². The van der Waals surface area contributed by atoms with Gasteiger partial charge in [0.1, 0.15) is 5.82 Å². The first-order chi connectivity index (χ1) is 8.13. The lowest BCUT2D eigenvalue weighted by molar-refractivity contribution is 0.0748. The first-order valence-corrected chi connectivity index (χ1v) is 6.78. The number of halogens is 3. The van der Waals surface area contributed by atoms with Gasteiger partial charge >= 0.3 is 0 Å². The third-order valence-electron chi connectivity index (χ3n) is 2.98. The van der Waals surface area contributed by atoms with E-state index in [0.29, 0.717) is 22.5 Å². The normalized spacial score (nSPS) is 19.7. The number of carbonyl (C=O) groups excluding carboxylic acids is 1. The Morgan fingerprint density at radius 3 is 3.00 bits per heavy atom. The van der Waals surface area contributed by atoms with Gasteiger partial charge in [-0.15, -0.1) is 11.6 Å². The van der Waals surface area contributed by atoms with Gasteiger partial charge < -0.3 is 4.90 Å². The summed E-state index contributed by atoms with van der Waals surface area (Å²) >= 11 is 8.88. The largest absolute Gasteiger partial charge is 0.334 e. The molecule has 0 spiro atoms. The van der Waals surface area contributed by atoms with Crippen molar-refractivity contribution in [3.05, 3.63) is 34.1 Å². The summed E-state index contributed by atoms with van der Waals surface area (Å²) in [5.41, 5.74) is 0.378. The van der Waals surface area contributed by atoms with Crippen LogP contribution in [0.5, 0.6) is 0 Å². The number of benzene rings is 1. The lowest BCUT2D eigenvalue weighted by Gasteiger charge is -2.23. The average Bonchev–Trinajstić information content (AvgIpc) is 2.80. The summed E-state index contributed by atoms with van der Waals surface area (Å²) in [5.74, 6) is -0.123. The quantitative estimate of drug-likeness (QED) is 0.765. The van der Waals surface area contributed by atoms with Crippen LogP contribution in [0.15, 0.2) is 22.7 Å². The molecular weight excluding hydrogens is 308 g/mol. The Hall–Kier alpha value is -0.610. The molecule has 5 heteroatoms. The molecule has 1 atom stereocenters. The minimum absolute atomic E-state index is 0.0795. The fourth-order valence-electron chi connectivity index (χ4n) is 2.06. The molecule has 0 bridgehead atoms. The molecule has 2 rings (SSSR count). The van der Waals surface area contributed by atoms with Crippen LogP contribution in [0.3, 0.4) is 0 Å². The first kappa shape index (κ1) is 12.8. The molecule has 1 aromatic carbocycles. The van der Waals surface area contributed by atoms with Gasteiger partial charge in [-0.3, -0.25) is 4.79 Å². The average molecular weight is 321 g/mol. The predicted molar refractivity (Wildman–Crippen MR) is 68.9 cm³/mol. The highest BCUT2D eigenvalue weighted by Gasteiger charge is 2.28. The molecular formula is C12H12BrClFNO. The van der Waals surface area contributed by atoms with Crippen molar-refractivity contribution in [2.45, 2.75) is 18.9 Å². The Balaban J connectivity index is 2.21. The zero-order valence-electron chi connectivity index (χ0n) is 9.13. The van der Waals surface area contributed by atoms with Gasteiger partial charge in [-0.05, 0) is 47.0 Å². The monoisotopic (exact) mass is 319 g/mol. The molecule has 1 aliphatic rings. The summed E-state index contributed by atoms with van der Waals surface area (Å²) in [7, 11) is 0. The van der Waals surface area contributed by atoms with E-state index in [4.69, 9.17) is 11.6 Å². The standard InChI is InChI=1S/C12H12BrClFNO/c13-10-4-3-8(6-11(10)15)12(17)16-5-1-2-9(16)7-14/h3-4,6,9H,1-2,5,7H2. The third kappa shape index (κ3) is 2.63. The van der Waals surface area contributed by atoms with Gasteiger partial charge in [-0.25, -0.2) is 4.39 Å². The van der Waals surface area contributed by atoms with E-state index in [-0.39, 0.29) is 11.9 Å². The van der Waals surface area contributed by atoms with Crippen molar-refractivity contribution in [3.63, 3.8) is 0 Å². The van der Waals surface area contributed by atoms with Crippen LogP contribution >= 0.6 is 27.5 Å². The number of likely N-dealkylation sites (tertiary alicyclic amines) is 1. The highest BCUT2D eigenvalue weighted by molar-refractivity contribution is 9.10. The predicted octanol–water partition coefficient (Wildman–Crippen LogP) is 3.43. The molecule has 1 aliphatic heterocycles. The second-order valence-electron chi connectivity index (χ2n) is 4.08. The number of nitrogens with zero attached hydrogens (tertiary/aromatic N) is 1. The van der Waals surface area contributed by atoms with E-state index in [9.17, 15) is 9.18 Å². The molecule has 0 radical (unpaired) electrons. The Kier molecular flexibility index (Phi) is 4.05. The molecule has 0 aliphatic carbocycles. The molecule has 17 heavy (non-hydrogen) atoms. The van der Waals surface area contributed by atoms with E-state index in [1.807, 2.05) is 0 Å². The summed E-state index contributed by atoms with van der Waals surface area (Å²) in [6, 6.07) is 4.51. The Bertz CT molecular complexity index is 441. The van der Waals surface area contributed by atoms with E-state index in [1.54, 1.807) is 17.0 Å². The van der Waals surface area contributed by atoms with Crippen molar-refractivity contribution in [2.24, 2.45) is 0 Å². The molecule has 0 saturated carbocycles. The zero-order chi connectivity index (χ0) is 12.4. The van der Waals surface area contributed by atoms with Crippen LogP contribution in [0.25, 0.3) is 0 Å². The number of carbonyl (C=O) groups is 1. The minimum atomic E-state index is -0.419. The molecule has 1 fully saturated rings. The zero-order valence-corrected chi connectivity index (χ0v) is 11.5. The van der Waals surface area contributed by atoms with Gasteiger partial charge in [-0.2, -0.15) is 0 Å². The Labute approximate surface area is 113 Å². The molecule has 1 amide bonds. The molecule has 2 nitrogen and oxygen atoms in total. The van der Waals surface area contributed by atoms with Crippen LogP contribution in [0.4, 0.5) is 4.39 Å². The molecule has 0 N–H and O–H groups in total. The number of rotatable bonds is 2. The number of alkyl halides is 1. The lowest BCUT2D eigenvalue weighted by atomic mass is 10.2. The maximum atomic E-state index is 13.4. The van der Waals surface area contributed by atoms with Crippen LogP contribution < -0.4 is 0 Å². The molecule has 0 aromatic heterocycles. The number of hydrogen-bond acceptors (Lipinski definition) is 1. The smallest absolute Gasteiger partial charge is 0.254 e. The highest BCUT2D eigenvalue weighted by Crippen LogP contribution is 2.23. The van der Waals surface area contributed by atoms with Crippen LogP contribution in [-0.2, 0) is 0 Å². The van der Waals surface area contributed by atoms with E-state index < -0.39 is 5.82 Å². The van der Waals surface area contributed by atoms with Crippen molar-refractivity contribution < 1.29 is 9.18 Å². The molecule has 92 valence electrons. The van der Waals surface area contributed by atoms with Crippen LogP contribution in [0, 0.1) is 5.82 Å². The fourth-order valence-corrected chi connectivity index (χ4v) is 2.63. The highest BCUT2D eigenvalue weighted by atomic mass is 79.9.